The number of carbonyl (C=O) groups excluding carboxylic acids is 1. The number of alkyl halides is 1. The molecular weight excluding hydrogens is 262 g/mol. The lowest BCUT2D eigenvalue weighted by Gasteiger charge is -2.14. The molecule has 1 aromatic heterocycles. The SMILES string of the molecule is CC(Br)CC(C)NC(=O)c1ccsc1. The van der Waals surface area contributed by atoms with Crippen LogP contribution in [0.3, 0.4) is 0 Å². The van der Waals surface area contributed by atoms with Crippen LogP contribution in [-0.4, -0.2) is 16.8 Å². The lowest BCUT2D eigenvalue weighted by atomic mass is 10.2. The molecule has 2 unspecified atom stereocenters. The van der Waals surface area contributed by atoms with Crippen LogP contribution >= 0.6 is 27.3 Å². The first kappa shape index (κ1) is 11.7. The van der Waals surface area contributed by atoms with E-state index in [-0.39, 0.29) is 11.9 Å². The highest BCUT2D eigenvalue weighted by atomic mass is 79.9. The van der Waals surface area contributed by atoms with Crippen LogP contribution in [0, 0.1) is 0 Å². The summed E-state index contributed by atoms with van der Waals surface area (Å²) >= 11 is 5.00. The van der Waals surface area contributed by atoms with Crippen LogP contribution in [-0.2, 0) is 0 Å². The molecule has 0 bridgehead atoms. The van der Waals surface area contributed by atoms with Gasteiger partial charge in [0.25, 0.3) is 5.91 Å². The van der Waals surface area contributed by atoms with Gasteiger partial charge in [0.05, 0.1) is 0 Å². The van der Waals surface area contributed by atoms with Crippen molar-refractivity contribution in [1.29, 1.82) is 0 Å². The van der Waals surface area contributed by atoms with E-state index in [9.17, 15) is 4.79 Å². The topological polar surface area (TPSA) is 29.1 Å². The summed E-state index contributed by atoms with van der Waals surface area (Å²) in [5.41, 5.74) is 0.754. The van der Waals surface area contributed by atoms with E-state index < -0.39 is 0 Å². The predicted octanol–water partition coefficient (Wildman–Crippen LogP) is 3.04. The Labute approximate surface area is 96.8 Å². The summed E-state index contributed by atoms with van der Waals surface area (Å²) in [4.78, 5) is 12.0. The zero-order chi connectivity index (χ0) is 10.6. The smallest absolute Gasteiger partial charge is 0.252 e. The Bertz CT molecular complexity index is 284. The maximum atomic E-state index is 11.6. The van der Waals surface area contributed by atoms with Crippen LogP contribution in [0.25, 0.3) is 0 Å². The molecule has 1 amide bonds. The second-order valence-electron chi connectivity index (χ2n) is 3.40. The second-order valence-corrected chi connectivity index (χ2v) is 5.75. The Morgan fingerprint density at radius 2 is 2.36 bits per heavy atom. The van der Waals surface area contributed by atoms with Gasteiger partial charge in [0.2, 0.25) is 0 Å². The molecule has 0 aliphatic heterocycles. The van der Waals surface area contributed by atoms with Gasteiger partial charge < -0.3 is 5.32 Å². The van der Waals surface area contributed by atoms with E-state index in [4.69, 9.17) is 0 Å². The van der Waals surface area contributed by atoms with Crippen LogP contribution < -0.4 is 5.32 Å². The first-order chi connectivity index (χ1) is 6.59. The molecule has 78 valence electrons. The van der Waals surface area contributed by atoms with Crippen molar-refractivity contribution in [3.05, 3.63) is 22.4 Å². The van der Waals surface area contributed by atoms with Gasteiger partial charge in [0.1, 0.15) is 0 Å². The molecule has 2 atom stereocenters. The van der Waals surface area contributed by atoms with E-state index in [1.54, 1.807) is 0 Å². The molecule has 0 aromatic carbocycles. The predicted molar refractivity (Wildman–Crippen MR) is 64.3 cm³/mol. The van der Waals surface area contributed by atoms with E-state index in [2.05, 4.69) is 28.2 Å². The Kier molecular flexibility index (Phi) is 4.62. The van der Waals surface area contributed by atoms with Gasteiger partial charge in [-0.15, -0.1) is 0 Å². The molecule has 0 saturated carbocycles. The zero-order valence-electron chi connectivity index (χ0n) is 8.29. The fourth-order valence-electron chi connectivity index (χ4n) is 1.25. The van der Waals surface area contributed by atoms with Crippen molar-refractivity contribution in [1.82, 2.24) is 5.32 Å². The minimum Gasteiger partial charge on any atom is -0.350 e. The molecule has 0 radical (unpaired) electrons. The molecule has 1 N–H and O–H groups in total. The quantitative estimate of drug-likeness (QED) is 0.841. The summed E-state index contributed by atoms with van der Waals surface area (Å²) in [7, 11) is 0. The van der Waals surface area contributed by atoms with Gasteiger partial charge in [0.15, 0.2) is 0 Å². The molecule has 0 saturated heterocycles. The van der Waals surface area contributed by atoms with E-state index >= 15 is 0 Å². The molecule has 1 heterocycles. The van der Waals surface area contributed by atoms with Gasteiger partial charge in [-0.25, -0.2) is 0 Å². The zero-order valence-corrected chi connectivity index (χ0v) is 10.7. The number of hydrogen-bond donors (Lipinski definition) is 1. The average molecular weight is 276 g/mol. The van der Waals surface area contributed by atoms with Crippen molar-refractivity contribution >= 4 is 33.2 Å². The van der Waals surface area contributed by atoms with Gasteiger partial charge >= 0.3 is 0 Å². The molecule has 4 heteroatoms. The lowest BCUT2D eigenvalue weighted by Crippen LogP contribution is -2.33. The van der Waals surface area contributed by atoms with E-state index in [0.29, 0.717) is 4.83 Å². The Hall–Kier alpha value is -0.350. The lowest BCUT2D eigenvalue weighted by molar-refractivity contribution is 0.0939. The van der Waals surface area contributed by atoms with Crippen molar-refractivity contribution in [2.45, 2.75) is 31.1 Å². The van der Waals surface area contributed by atoms with Crippen LogP contribution in [0.15, 0.2) is 16.8 Å². The highest BCUT2D eigenvalue weighted by Gasteiger charge is 2.11. The van der Waals surface area contributed by atoms with Crippen LogP contribution in [0.2, 0.25) is 0 Å². The molecule has 2 nitrogen and oxygen atoms in total. The number of rotatable bonds is 4. The minimum absolute atomic E-state index is 0.0203. The highest BCUT2D eigenvalue weighted by Crippen LogP contribution is 2.09. The van der Waals surface area contributed by atoms with Crippen molar-refractivity contribution in [2.75, 3.05) is 0 Å². The summed E-state index contributed by atoms with van der Waals surface area (Å²) in [6.45, 7) is 4.09. The van der Waals surface area contributed by atoms with Gasteiger partial charge in [-0.2, -0.15) is 11.3 Å². The highest BCUT2D eigenvalue weighted by molar-refractivity contribution is 9.09. The van der Waals surface area contributed by atoms with Crippen LogP contribution in [0.5, 0.6) is 0 Å². The van der Waals surface area contributed by atoms with Gasteiger partial charge in [-0.05, 0) is 24.8 Å². The minimum atomic E-state index is 0.0203. The number of hydrogen-bond acceptors (Lipinski definition) is 2. The monoisotopic (exact) mass is 275 g/mol. The number of halogens is 1. The largest absolute Gasteiger partial charge is 0.350 e. The molecular formula is C10H14BrNOS. The van der Waals surface area contributed by atoms with Crippen molar-refractivity contribution in [3.63, 3.8) is 0 Å². The maximum Gasteiger partial charge on any atom is 0.252 e. The number of thiophene rings is 1. The summed E-state index contributed by atoms with van der Waals surface area (Å²) in [5.74, 6) is 0.0203. The Morgan fingerprint density at radius 1 is 1.64 bits per heavy atom. The van der Waals surface area contributed by atoms with Crippen LogP contribution in [0.4, 0.5) is 0 Å². The molecule has 0 aliphatic carbocycles. The van der Waals surface area contributed by atoms with E-state index in [1.165, 1.54) is 11.3 Å². The van der Waals surface area contributed by atoms with Gasteiger partial charge in [-0.1, -0.05) is 22.9 Å². The van der Waals surface area contributed by atoms with Crippen molar-refractivity contribution < 1.29 is 4.79 Å². The van der Waals surface area contributed by atoms with Crippen LogP contribution in [0.1, 0.15) is 30.6 Å². The van der Waals surface area contributed by atoms with Gasteiger partial charge in [0, 0.05) is 21.8 Å². The van der Waals surface area contributed by atoms with Crippen molar-refractivity contribution in [3.8, 4) is 0 Å². The number of amides is 1. The first-order valence-corrected chi connectivity index (χ1v) is 6.42. The molecule has 0 spiro atoms. The summed E-state index contributed by atoms with van der Waals surface area (Å²) in [5, 5.41) is 6.72. The summed E-state index contributed by atoms with van der Waals surface area (Å²) in [6.07, 6.45) is 0.940. The number of nitrogens with one attached hydrogen (secondary N) is 1. The third kappa shape index (κ3) is 3.80. The maximum absolute atomic E-state index is 11.6. The Morgan fingerprint density at radius 3 is 2.86 bits per heavy atom. The molecule has 0 aliphatic rings. The Balaban J connectivity index is 2.41. The summed E-state index contributed by atoms with van der Waals surface area (Å²) in [6, 6.07) is 2.04. The normalized spacial score (nSPS) is 14.8. The van der Waals surface area contributed by atoms with Crippen molar-refractivity contribution in [2.24, 2.45) is 0 Å². The molecule has 14 heavy (non-hydrogen) atoms. The number of carbonyl (C=O) groups is 1. The molecule has 1 rings (SSSR count). The fraction of sp³-hybridized carbons (Fsp3) is 0.500. The molecule has 1 aromatic rings. The average Bonchev–Trinajstić information content (AvgIpc) is 2.53. The van der Waals surface area contributed by atoms with Gasteiger partial charge in [-0.3, -0.25) is 4.79 Å². The van der Waals surface area contributed by atoms with E-state index in [1.807, 2.05) is 23.8 Å². The standard InChI is InChI=1S/C10H14BrNOS/c1-7(11)5-8(2)12-10(13)9-3-4-14-6-9/h3-4,6-8H,5H2,1-2H3,(H,12,13). The fourth-order valence-corrected chi connectivity index (χ4v) is 2.44. The third-order valence-electron chi connectivity index (χ3n) is 1.84. The third-order valence-corrected chi connectivity index (χ3v) is 2.90. The molecule has 0 fully saturated rings. The second kappa shape index (κ2) is 5.51. The summed E-state index contributed by atoms with van der Waals surface area (Å²) < 4.78 is 0. The first-order valence-electron chi connectivity index (χ1n) is 4.56. The van der Waals surface area contributed by atoms with E-state index in [0.717, 1.165) is 12.0 Å².